The minimum atomic E-state index is -4.40. The molecule has 8 heteroatoms. The average molecular weight is 382 g/mol. The Kier molecular flexibility index (Phi) is 5.27. The lowest BCUT2D eigenvalue weighted by Crippen LogP contribution is -2.12. The predicted octanol–water partition coefficient (Wildman–Crippen LogP) is 4.97. The van der Waals surface area contributed by atoms with Gasteiger partial charge < -0.3 is 10.6 Å². The van der Waals surface area contributed by atoms with Crippen LogP contribution in [-0.4, -0.2) is 10.9 Å². The number of alkyl halides is 3. The second-order valence-corrected chi connectivity index (χ2v) is 5.81. The number of nitrogens with one attached hydrogen (secondary N) is 2. The highest BCUT2D eigenvalue weighted by Gasteiger charge is 2.29. The van der Waals surface area contributed by atoms with E-state index in [1.807, 2.05) is 6.07 Å². The van der Waals surface area contributed by atoms with E-state index in [9.17, 15) is 18.0 Å². The van der Waals surface area contributed by atoms with Crippen molar-refractivity contribution in [1.29, 1.82) is 5.26 Å². The molecule has 0 saturated heterocycles. The van der Waals surface area contributed by atoms with Crippen LogP contribution in [0.4, 0.5) is 30.2 Å². The van der Waals surface area contributed by atoms with Crippen molar-refractivity contribution in [2.24, 2.45) is 0 Å². The van der Waals surface area contributed by atoms with Gasteiger partial charge in [0.25, 0.3) is 5.91 Å². The number of benzene rings is 2. The number of hydrogen-bond donors (Lipinski definition) is 2. The number of halogens is 3. The van der Waals surface area contributed by atoms with Gasteiger partial charge >= 0.3 is 6.18 Å². The fourth-order valence-electron chi connectivity index (χ4n) is 2.37. The molecular weight excluding hydrogens is 369 g/mol. The van der Waals surface area contributed by atoms with Crippen LogP contribution in [0.3, 0.4) is 0 Å². The first-order valence-corrected chi connectivity index (χ1v) is 8.06. The summed E-state index contributed by atoms with van der Waals surface area (Å²) in [4.78, 5) is 16.3. The first kappa shape index (κ1) is 18.9. The Hall–Kier alpha value is -3.86. The van der Waals surface area contributed by atoms with Gasteiger partial charge in [-0.05, 0) is 54.6 Å². The molecular formula is C20H13F3N4O. The van der Waals surface area contributed by atoms with E-state index in [0.717, 1.165) is 12.1 Å². The molecule has 0 bridgehead atoms. The zero-order valence-corrected chi connectivity index (χ0v) is 14.3. The number of rotatable bonds is 4. The van der Waals surface area contributed by atoms with Crippen LogP contribution in [0.2, 0.25) is 0 Å². The summed E-state index contributed by atoms with van der Waals surface area (Å²) >= 11 is 0. The van der Waals surface area contributed by atoms with Crippen LogP contribution in [0.25, 0.3) is 0 Å². The molecule has 0 aliphatic rings. The number of hydrogen-bond acceptors (Lipinski definition) is 4. The zero-order valence-electron chi connectivity index (χ0n) is 14.3. The zero-order chi connectivity index (χ0) is 20.1. The molecule has 0 radical (unpaired) electrons. The summed E-state index contributed by atoms with van der Waals surface area (Å²) in [5, 5.41) is 14.4. The van der Waals surface area contributed by atoms with E-state index in [1.54, 1.807) is 24.3 Å². The highest BCUT2D eigenvalue weighted by atomic mass is 19.4. The summed E-state index contributed by atoms with van der Waals surface area (Å²) in [5.41, 5.74) is 1.40. The Morgan fingerprint density at radius 2 is 1.57 bits per heavy atom. The van der Waals surface area contributed by atoms with Crippen molar-refractivity contribution >= 4 is 23.0 Å². The van der Waals surface area contributed by atoms with Crippen LogP contribution in [0.5, 0.6) is 0 Å². The van der Waals surface area contributed by atoms with Crippen molar-refractivity contribution in [2.45, 2.75) is 6.18 Å². The Labute approximate surface area is 158 Å². The largest absolute Gasteiger partial charge is 0.416 e. The molecule has 2 aromatic carbocycles. The fourth-order valence-corrected chi connectivity index (χ4v) is 2.37. The molecule has 5 nitrogen and oxygen atoms in total. The lowest BCUT2D eigenvalue weighted by Gasteiger charge is -2.10. The quantitative estimate of drug-likeness (QED) is 0.668. The molecule has 0 fully saturated rings. The second-order valence-electron chi connectivity index (χ2n) is 5.81. The number of anilines is 3. The summed E-state index contributed by atoms with van der Waals surface area (Å²) in [6, 6.07) is 14.4. The molecule has 0 aliphatic heterocycles. The molecule has 0 spiro atoms. The number of carbonyl (C=O) groups is 1. The number of amides is 1. The molecule has 3 aromatic rings. The minimum absolute atomic E-state index is 0.265. The third-order valence-electron chi connectivity index (χ3n) is 3.77. The number of pyridine rings is 1. The van der Waals surface area contributed by atoms with Gasteiger partial charge in [-0.3, -0.25) is 9.78 Å². The predicted molar refractivity (Wildman–Crippen MR) is 98.1 cm³/mol. The maximum absolute atomic E-state index is 12.6. The van der Waals surface area contributed by atoms with E-state index in [0.29, 0.717) is 22.6 Å². The van der Waals surface area contributed by atoms with E-state index >= 15 is 0 Å². The smallest absolute Gasteiger partial charge is 0.354 e. The van der Waals surface area contributed by atoms with Gasteiger partial charge in [0.05, 0.1) is 34.6 Å². The first-order chi connectivity index (χ1) is 13.3. The van der Waals surface area contributed by atoms with E-state index in [4.69, 9.17) is 5.26 Å². The summed E-state index contributed by atoms with van der Waals surface area (Å²) in [6.45, 7) is 0. The van der Waals surface area contributed by atoms with Crippen LogP contribution in [0.1, 0.15) is 21.5 Å². The van der Waals surface area contributed by atoms with E-state index in [2.05, 4.69) is 15.6 Å². The minimum Gasteiger partial charge on any atom is -0.354 e. The van der Waals surface area contributed by atoms with Crippen LogP contribution in [-0.2, 0) is 6.18 Å². The van der Waals surface area contributed by atoms with Crippen molar-refractivity contribution in [1.82, 2.24) is 4.98 Å². The molecule has 0 unspecified atom stereocenters. The maximum atomic E-state index is 12.6. The van der Waals surface area contributed by atoms with Crippen molar-refractivity contribution in [3.63, 3.8) is 0 Å². The van der Waals surface area contributed by atoms with Gasteiger partial charge in [-0.1, -0.05) is 0 Å². The lowest BCUT2D eigenvalue weighted by molar-refractivity contribution is -0.137. The Bertz CT molecular complexity index is 1020. The molecule has 140 valence electrons. The van der Waals surface area contributed by atoms with Gasteiger partial charge in [0, 0.05) is 17.6 Å². The summed E-state index contributed by atoms with van der Waals surface area (Å²) < 4.78 is 37.9. The second kappa shape index (κ2) is 7.80. The monoisotopic (exact) mass is 382 g/mol. The van der Waals surface area contributed by atoms with Gasteiger partial charge in [-0.25, -0.2) is 0 Å². The van der Waals surface area contributed by atoms with E-state index in [1.165, 1.54) is 30.6 Å². The van der Waals surface area contributed by atoms with Gasteiger partial charge in [-0.2, -0.15) is 18.4 Å². The summed E-state index contributed by atoms with van der Waals surface area (Å²) in [7, 11) is 0. The van der Waals surface area contributed by atoms with Gasteiger partial charge in [0.15, 0.2) is 0 Å². The van der Waals surface area contributed by atoms with Crippen molar-refractivity contribution in [2.75, 3.05) is 10.6 Å². The van der Waals surface area contributed by atoms with E-state index < -0.39 is 17.6 Å². The molecule has 0 saturated carbocycles. The van der Waals surface area contributed by atoms with Crippen molar-refractivity contribution in [3.05, 3.63) is 83.7 Å². The molecule has 0 aliphatic carbocycles. The number of carbonyl (C=O) groups excluding carboxylic acids is 1. The van der Waals surface area contributed by atoms with Gasteiger partial charge in [0.1, 0.15) is 0 Å². The number of nitriles is 1. The molecule has 2 N–H and O–H groups in total. The molecule has 1 amide bonds. The Balaban J connectivity index is 1.71. The number of aromatic nitrogens is 1. The Morgan fingerprint density at radius 3 is 2.18 bits per heavy atom. The van der Waals surface area contributed by atoms with Gasteiger partial charge in [-0.15, -0.1) is 0 Å². The molecule has 0 atom stereocenters. The molecule has 1 aromatic heterocycles. The molecule has 28 heavy (non-hydrogen) atoms. The number of nitrogens with zero attached hydrogens (tertiary/aromatic N) is 2. The summed E-state index contributed by atoms with van der Waals surface area (Å²) in [6.07, 6.45) is -1.57. The average Bonchev–Trinajstić information content (AvgIpc) is 2.68. The Morgan fingerprint density at radius 1 is 0.929 bits per heavy atom. The third-order valence-corrected chi connectivity index (χ3v) is 3.77. The lowest BCUT2D eigenvalue weighted by atomic mass is 10.2. The first-order valence-electron chi connectivity index (χ1n) is 8.06. The standard InChI is InChI=1S/C20H13F3N4O/c21-20(22,23)15-3-7-16(8-4-15)26-18-9-14(11-25-12-18)19(28)27-17-5-1-13(10-24)2-6-17/h1-9,11-12,26H,(H,27,28). The van der Waals surface area contributed by atoms with Crippen LogP contribution in [0.15, 0.2) is 67.0 Å². The SMILES string of the molecule is N#Cc1ccc(NC(=O)c2cncc(Nc3ccc(C(F)(F)F)cc3)c2)cc1. The van der Waals surface area contributed by atoms with E-state index in [-0.39, 0.29) is 5.56 Å². The fraction of sp³-hybridized carbons (Fsp3) is 0.0500. The van der Waals surface area contributed by atoms with Crippen molar-refractivity contribution in [3.8, 4) is 6.07 Å². The molecule has 3 rings (SSSR count). The molecule has 1 heterocycles. The normalized spacial score (nSPS) is 10.8. The maximum Gasteiger partial charge on any atom is 0.416 e. The van der Waals surface area contributed by atoms with Crippen LogP contribution >= 0.6 is 0 Å². The van der Waals surface area contributed by atoms with Crippen LogP contribution in [0, 0.1) is 11.3 Å². The third kappa shape index (κ3) is 4.65. The highest BCUT2D eigenvalue weighted by Crippen LogP contribution is 2.30. The highest BCUT2D eigenvalue weighted by molar-refractivity contribution is 6.04. The van der Waals surface area contributed by atoms with Gasteiger partial charge in [0.2, 0.25) is 0 Å². The van der Waals surface area contributed by atoms with Crippen LogP contribution < -0.4 is 10.6 Å². The summed E-state index contributed by atoms with van der Waals surface area (Å²) in [5.74, 6) is -0.409. The van der Waals surface area contributed by atoms with Crippen molar-refractivity contribution < 1.29 is 18.0 Å². The topological polar surface area (TPSA) is 77.8 Å².